The van der Waals surface area contributed by atoms with Crippen LogP contribution in [0.25, 0.3) is 23.1 Å². The molecule has 0 unspecified atom stereocenters. The second-order valence-electron chi connectivity index (χ2n) is 5.99. The number of hydrogen-bond donors (Lipinski definition) is 1. The van der Waals surface area contributed by atoms with Crippen LogP contribution in [0.4, 0.5) is 10.2 Å². The van der Waals surface area contributed by atoms with Crippen molar-refractivity contribution >= 4 is 58.1 Å². The fraction of sp³-hybridized carbons (Fsp3) is 0.200. The fourth-order valence-electron chi connectivity index (χ4n) is 2.57. The molecule has 1 aromatic heterocycles. The number of hydrogen-bond acceptors (Lipinski definition) is 3. The molecular formula is C20H18BBrFN3. The van der Waals surface area contributed by atoms with Crippen molar-refractivity contribution in [3.8, 4) is 0 Å². The number of rotatable bonds is 6. The lowest BCUT2D eigenvalue weighted by Gasteiger charge is -2.11. The lowest BCUT2D eigenvalue weighted by molar-refractivity contribution is 0.628. The van der Waals surface area contributed by atoms with Gasteiger partial charge in [0.05, 0.1) is 5.52 Å². The van der Waals surface area contributed by atoms with Crippen molar-refractivity contribution in [2.75, 3.05) is 11.9 Å². The summed E-state index contributed by atoms with van der Waals surface area (Å²) < 4.78 is 13.9. The summed E-state index contributed by atoms with van der Waals surface area (Å²) >= 11 is 3.54. The summed E-state index contributed by atoms with van der Waals surface area (Å²) in [6, 6.07) is 9.99. The maximum Gasteiger partial charge on any atom is 0.155 e. The minimum absolute atomic E-state index is 0.256. The quantitative estimate of drug-likeness (QED) is 0.473. The Morgan fingerprint density at radius 3 is 2.65 bits per heavy atom. The van der Waals surface area contributed by atoms with Crippen LogP contribution in [0.15, 0.2) is 40.9 Å². The lowest BCUT2D eigenvalue weighted by atomic mass is 9.95. The molecule has 130 valence electrons. The SMILES string of the molecule is [B]c1cc(Br)c2nc(C=Cc3ccc(F)cc3)nc(NCCCC)c2c1. The van der Waals surface area contributed by atoms with E-state index >= 15 is 0 Å². The summed E-state index contributed by atoms with van der Waals surface area (Å²) in [5.74, 6) is 1.08. The molecule has 0 saturated heterocycles. The van der Waals surface area contributed by atoms with E-state index < -0.39 is 0 Å². The monoisotopic (exact) mass is 409 g/mol. The zero-order valence-electron chi connectivity index (χ0n) is 14.5. The highest BCUT2D eigenvalue weighted by Gasteiger charge is 2.10. The molecule has 3 nitrogen and oxygen atoms in total. The lowest BCUT2D eigenvalue weighted by Crippen LogP contribution is -2.09. The van der Waals surface area contributed by atoms with Crippen molar-refractivity contribution in [1.29, 1.82) is 0 Å². The summed E-state index contributed by atoms with van der Waals surface area (Å²) in [4.78, 5) is 9.25. The highest BCUT2D eigenvalue weighted by Crippen LogP contribution is 2.26. The predicted molar refractivity (Wildman–Crippen MR) is 111 cm³/mol. The van der Waals surface area contributed by atoms with Crippen molar-refractivity contribution in [3.05, 3.63) is 58.1 Å². The molecule has 26 heavy (non-hydrogen) atoms. The van der Waals surface area contributed by atoms with E-state index in [-0.39, 0.29) is 5.82 Å². The van der Waals surface area contributed by atoms with Crippen molar-refractivity contribution in [1.82, 2.24) is 9.97 Å². The average molecular weight is 410 g/mol. The van der Waals surface area contributed by atoms with E-state index in [0.717, 1.165) is 46.1 Å². The molecule has 6 heteroatoms. The molecule has 0 atom stereocenters. The Kier molecular flexibility index (Phi) is 6.04. The van der Waals surface area contributed by atoms with E-state index in [9.17, 15) is 4.39 Å². The molecular weight excluding hydrogens is 392 g/mol. The molecule has 2 aromatic carbocycles. The van der Waals surface area contributed by atoms with Gasteiger partial charge in [-0.05, 0) is 46.1 Å². The van der Waals surface area contributed by atoms with Crippen molar-refractivity contribution in [3.63, 3.8) is 0 Å². The maximum absolute atomic E-state index is 13.0. The van der Waals surface area contributed by atoms with Gasteiger partial charge in [-0.25, -0.2) is 14.4 Å². The molecule has 0 aliphatic carbocycles. The van der Waals surface area contributed by atoms with Crippen LogP contribution in [-0.4, -0.2) is 24.4 Å². The molecule has 1 heterocycles. The van der Waals surface area contributed by atoms with Crippen LogP contribution in [0.5, 0.6) is 0 Å². The predicted octanol–water partition coefficient (Wildman–Crippen LogP) is 4.71. The average Bonchev–Trinajstić information content (AvgIpc) is 2.62. The number of benzene rings is 2. The number of nitrogens with one attached hydrogen (secondary N) is 1. The van der Waals surface area contributed by atoms with Crippen LogP contribution >= 0.6 is 15.9 Å². The first-order valence-electron chi connectivity index (χ1n) is 8.51. The molecule has 0 aliphatic rings. The molecule has 0 aliphatic heterocycles. The smallest absolute Gasteiger partial charge is 0.155 e. The van der Waals surface area contributed by atoms with Crippen LogP contribution in [-0.2, 0) is 0 Å². The molecule has 1 N–H and O–H groups in total. The first kappa shape index (κ1) is 18.6. The van der Waals surface area contributed by atoms with Crippen LogP contribution < -0.4 is 10.8 Å². The highest BCUT2D eigenvalue weighted by atomic mass is 79.9. The van der Waals surface area contributed by atoms with E-state index in [1.54, 1.807) is 12.1 Å². The van der Waals surface area contributed by atoms with Crippen LogP contribution in [0.1, 0.15) is 31.2 Å². The van der Waals surface area contributed by atoms with Gasteiger partial charge in [-0.15, -0.1) is 0 Å². The van der Waals surface area contributed by atoms with Gasteiger partial charge in [-0.2, -0.15) is 0 Å². The molecule has 2 radical (unpaired) electrons. The first-order valence-corrected chi connectivity index (χ1v) is 9.30. The van der Waals surface area contributed by atoms with Crippen molar-refractivity contribution in [2.24, 2.45) is 0 Å². The molecule has 0 bridgehead atoms. The fourth-order valence-corrected chi connectivity index (χ4v) is 3.13. The Hall–Kier alpha value is -2.21. The molecule has 0 saturated carbocycles. The third-order valence-electron chi connectivity index (χ3n) is 3.91. The Balaban J connectivity index is 2.00. The minimum atomic E-state index is -0.256. The Labute approximate surface area is 162 Å². The van der Waals surface area contributed by atoms with Crippen LogP contribution in [0, 0.1) is 5.82 Å². The van der Waals surface area contributed by atoms with Gasteiger partial charge in [0, 0.05) is 16.4 Å². The summed E-state index contributed by atoms with van der Waals surface area (Å²) in [6.45, 7) is 2.97. The van der Waals surface area contributed by atoms with Crippen LogP contribution in [0.2, 0.25) is 0 Å². The number of aromatic nitrogens is 2. The van der Waals surface area contributed by atoms with Crippen molar-refractivity contribution < 1.29 is 4.39 Å². The number of halogens is 2. The standard InChI is InChI=1S/C20H18BBrFN3/c1-2-3-10-24-20-16-11-14(21)12-17(22)19(16)25-18(26-20)9-6-13-4-7-15(23)8-5-13/h4-9,11-12H,2-3,10H2,1H3,(H,24,25,26). The van der Waals surface area contributed by atoms with E-state index in [2.05, 4.69) is 38.1 Å². The number of anilines is 1. The molecule has 3 rings (SSSR count). The molecule has 3 aromatic rings. The number of unbranched alkanes of at least 4 members (excludes halogenated alkanes) is 1. The Bertz CT molecular complexity index is 942. The largest absolute Gasteiger partial charge is 0.369 e. The highest BCUT2D eigenvalue weighted by molar-refractivity contribution is 9.10. The van der Waals surface area contributed by atoms with E-state index in [1.807, 2.05) is 24.3 Å². The van der Waals surface area contributed by atoms with Crippen molar-refractivity contribution in [2.45, 2.75) is 19.8 Å². The molecule has 0 fully saturated rings. The third kappa shape index (κ3) is 4.49. The van der Waals surface area contributed by atoms with E-state index in [4.69, 9.17) is 7.85 Å². The first-order chi connectivity index (χ1) is 12.6. The van der Waals surface area contributed by atoms with Gasteiger partial charge in [0.25, 0.3) is 0 Å². The number of fused-ring (bicyclic) bond motifs is 1. The van der Waals surface area contributed by atoms with Gasteiger partial charge in [0.2, 0.25) is 0 Å². The summed E-state index contributed by atoms with van der Waals surface area (Å²) in [7, 11) is 5.98. The second-order valence-corrected chi connectivity index (χ2v) is 6.85. The number of nitrogens with zero attached hydrogens (tertiary/aromatic N) is 2. The van der Waals surface area contributed by atoms with Gasteiger partial charge in [-0.1, -0.05) is 49.1 Å². The third-order valence-corrected chi connectivity index (χ3v) is 4.52. The van der Waals surface area contributed by atoms with Gasteiger partial charge in [0.1, 0.15) is 19.5 Å². The van der Waals surface area contributed by atoms with Gasteiger partial charge < -0.3 is 5.32 Å². The minimum Gasteiger partial charge on any atom is -0.369 e. The maximum atomic E-state index is 13.0. The van der Waals surface area contributed by atoms with Gasteiger partial charge in [0.15, 0.2) is 5.82 Å². The zero-order chi connectivity index (χ0) is 18.5. The summed E-state index contributed by atoms with van der Waals surface area (Å²) in [5.41, 5.74) is 2.33. The van der Waals surface area contributed by atoms with E-state index in [1.165, 1.54) is 12.1 Å². The summed E-state index contributed by atoms with van der Waals surface area (Å²) in [6.07, 6.45) is 5.83. The second kappa shape index (κ2) is 8.45. The van der Waals surface area contributed by atoms with Gasteiger partial charge in [-0.3, -0.25) is 0 Å². The summed E-state index contributed by atoms with van der Waals surface area (Å²) in [5, 5.41) is 4.26. The molecule has 0 spiro atoms. The normalized spacial score (nSPS) is 11.3. The topological polar surface area (TPSA) is 37.8 Å². The zero-order valence-corrected chi connectivity index (χ0v) is 16.1. The van der Waals surface area contributed by atoms with E-state index in [0.29, 0.717) is 11.3 Å². The van der Waals surface area contributed by atoms with Gasteiger partial charge >= 0.3 is 0 Å². The molecule has 0 amide bonds. The van der Waals surface area contributed by atoms with Crippen LogP contribution in [0.3, 0.4) is 0 Å². The Morgan fingerprint density at radius 2 is 1.92 bits per heavy atom. The Morgan fingerprint density at radius 1 is 1.15 bits per heavy atom.